The first-order chi connectivity index (χ1) is 6.82. The first-order valence-electron chi connectivity index (χ1n) is 4.33. The van der Waals surface area contributed by atoms with Gasteiger partial charge in [0, 0.05) is 5.54 Å². The highest BCUT2D eigenvalue weighted by molar-refractivity contribution is 5.85. The van der Waals surface area contributed by atoms with Crippen molar-refractivity contribution < 1.29 is 14.3 Å². The van der Waals surface area contributed by atoms with Crippen LogP contribution in [0.25, 0.3) is 0 Å². The third-order valence-electron chi connectivity index (χ3n) is 1.68. The molecule has 1 heterocycles. The molecule has 0 saturated heterocycles. The van der Waals surface area contributed by atoms with Crippen molar-refractivity contribution in [2.24, 2.45) is 0 Å². The number of carbonyl (C=O) groups is 1. The van der Waals surface area contributed by atoms with Gasteiger partial charge >= 0.3 is 6.09 Å². The molecular formula is C9H12FN3O2. The van der Waals surface area contributed by atoms with E-state index in [2.05, 4.69) is 9.97 Å². The molecule has 0 radical (unpaired) electrons. The van der Waals surface area contributed by atoms with E-state index in [0.29, 0.717) is 0 Å². The summed E-state index contributed by atoms with van der Waals surface area (Å²) in [5.41, 5.74) is -0.700. The van der Waals surface area contributed by atoms with E-state index < -0.39 is 17.6 Å². The first-order valence-corrected chi connectivity index (χ1v) is 4.33. The van der Waals surface area contributed by atoms with Gasteiger partial charge in [0.2, 0.25) is 5.95 Å². The van der Waals surface area contributed by atoms with Gasteiger partial charge in [-0.05, 0) is 20.8 Å². The van der Waals surface area contributed by atoms with Crippen molar-refractivity contribution in [1.82, 2.24) is 9.97 Å². The SMILES string of the molecule is CC(C)(C)N(C(=O)O)c1cncc(F)n1. The smallest absolute Gasteiger partial charge is 0.413 e. The fourth-order valence-electron chi connectivity index (χ4n) is 1.17. The minimum Gasteiger partial charge on any atom is -0.465 e. The summed E-state index contributed by atoms with van der Waals surface area (Å²) in [7, 11) is 0. The Morgan fingerprint density at radius 1 is 1.47 bits per heavy atom. The van der Waals surface area contributed by atoms with Crippen LogP contribution >= 0.6 is 0 Å². The van der Waals surface area contributed by atoms with E-state index in [9.17, 15) is 9.18 Å². The third kappa shape index (κ3) is 2.61. The van der Waals surface area contributed by atoms with Gasteiger partial charge < -0.3 is 5.11 Å². The zero-order valence-corrected chi connectivity index (χ0v) is 8.73. The van der Waals surface area contributed by atoms with Gasteiger partial charge in [-0.1, -0.05) is 0 Å². The van der Waals surface area contributed by atoms with Gasteiger partial charge in [0.1, 0.15) is 0 Å². The van der Waals surface area contributed by atoms with Gasteiger partial charge in [-0.3, -0.25) is 9.88 Å². The second kappa shape index (κ2) is 3.80. The molecule has 0 bridgehead atoms. The number of hydrogen-bond acceptors (Lipinski definition) is 3. The molecule has 0 atom stereocenters. The van der Waals surface area contributed by atoms with Gasteiger partial charge in [0.15, 0.2) is 5.82 Å². The molecule has 0 aromatic carbocycles. The molecule has 15 heavy (non-hydrogen) atoms. The van der Waals surface area contributed by atoms with Gasteiger partial charge in [-0.25, -0.2) is 4.79 Å². The van der Waals surface area contributed by atoms with E-state index >= 15 is 0 Å². The summed E-state index contributed by atoms with van der Waals surface area (Å²) in [6.45, 7) is 5.06. The predicted octanol–water partition coefficient (Wildman–Crippen LogP) is 1.90. The lowest BCUT2D eigenvalue weighted by molar-refractivity contribution is 0.195. The maximum absolute atomic E-state index is 12.8. The standard InChI is InChI=1S/C9H12FN3O2/c1-9(2,3)13(8(14)15)7-5-11-4-6(10)12-7/h4-5H,1-3H3,(H,14,15). The molecule has 1 amide bonds. The summed E-state index contributed by atoms with van der Waals surface area (Å²) in [5.74, 6) is -0.821. The molecule has 1 rings (SSSR count). The maximum Gasteiger partial charge on any atom is 0.413 e. The van der Waals surface area contributed by atoms with E-state index in [1.807, 2.05) is 0 Å². The van der Waals surface area contributed by atoms with Gasteiger partial charge in [-0.15, -0.1) is 0 Å². The van der Waals surface area contributed by atoms with Crippen LogP contribution in [0.3, 0.4) is 0 Å². The normalized spacial score (nSPS) is 11.2. The molecule has 0 fully saturated rings. The molecular weight excluding hydrogens is 201 g/mol. The molecule has 6 heteroatoms. The van der Waals surface area contributed by atoms with E-state index in [1.165, 1.54) is 6.20 Å². The Balaban J connectivity index is 3.16. The van der Waals surface area contributed by atoms with Crippen LogP contribution in [0.5, 0.6) is 0 Å². The van der Waals surface area contributed by atoms with Crippen molar-refractivity contribution in [2.75, 3.05) is 4.90 Å². The minimum absolute atomic E-state index is 0.0185. The molecule has 0 aliphatic carbocycles. The van der Waals surface area contributed by atoms with Crippen LogP contribution < -0.4 is 4.90 Å². The Labute approximate surface area is 86.6 Å². The second-order valence-electron chi connectivity index (χ2n) is 3.99. The summed E-state index contributed by atoms with van der Waals surface area (Å²) in [6, 6.07) is 0. The largest absolute Gasteiger partial charge is 0.465 e. The van der Waals surface area contributed by atoms with Crippen LogP contribution in [0, 0.1) is 5.95 Å². The highest BCUT2D eigenvalue weighted by Gasteiger charge is 2.29. The Morgan fingerprint density at radius 3 is 2.47 bits per heavy atom. The summed E-state index contributed by atoms with van der Waals surface area (Å²) in [4.78, 5) is 19.0. The lowest BCUT2D eigenvalue weighted by atomic mass is 10.1. The monoisotopic (exact) mass is 213 g/mol. The van der Waals surface area contributed by atoms with E-state index in [4.69, 9.17) is 5.11 Å². The van der Waals surface area contributed by atoms with Gasteiger partial charge in [0.05, 0.1) is 12.4 Å². The van der Waals surface area contributed by atoms with Gasteiger partial charge in [-0.2, -0.15) is 9.37 Å². The molecule has 5 nitrogen and oxygen atoms in total. The number of hydrogen-bond donors (Lipinski definition) is 1. The average molecular weight is 213 g/mol. The molecule has 82 valence electrons. The maximum atomic E-state index is 12.8. The van der Waals surface area contributed by atoms with Crippen LogP contribution in [0.15, 0.2) is 12.4 Å². The van der Waals surface area contributed by atoms with Crippen LogP contribution in [0.4, 0.5) is 15.0 Å². The lowest BCUT2D eigenvalue weighted by Crippen LogP contribution is -2.45. The quantitative estimate of drug-likeness (QED) is 0.773. The van der Waals surface area contributed by atoms with E-state index in [0.717, 1.165) is 11.1 Å². The summed E-state index contributed by atoms with van der Waals surface area (Å²) in [6.07, 6.45) is 0.941. The highest BCUT2D eigenvalue weighted by atomic mass is 19.1. The Kier molecular flexibility index (Phi) is 2.88. The molecule has 0 aliphatic heterocycles. The Bertz CT molecular complexity index is 376. The third-order valence-corrected chi connectivity index (χ3v) is 1.68. The number of anilines is 1. The topological polar surface area (TPSA) is 66.3 Å². The van der Waals surface area contributed by atoms with Crippen LogP contribution in [-0.4, -0.2) is 26.7 Å². The molecule has 0 saturated carbocycles. The molecule has 1 N–H and O–H groups in total. The van der Waals surface area contributed by atoms with Crippen LogP contribution in [0.1, 0.15) is 20.8 Å². The van der Waals surface area contributed by atoms with E-state index in [-0.39, 0.29) is 5.82 Å². The number of halogens is 1. The number of amides is 1. The average Bonchev–Trinajstić information content (AvgIpc) is 1.99. The molecule has 0 unspecified atom stereocenters. The van der Waals surface area contributed by atoms with Crippen molar-refractivity contribution in [2.45, 2.75) is 26.3 Å². The second-order valence-corrected chi connectivity index (χ2v) is 3.99. The van der Waals surface area contributed by atoms with Crippen molar-refractivity contribution in [3.63, 3.8) is 0 Å². The zero-order chi connectivity index (χ0) is 11.6. The molecule has 1 aromatic rings. The van der Waals surface area contributed by atoms with Gasteiger partial charge in [0.25, 0.3) is 0 Å². The fourth-order valence-corrected chi connectivity index (χ4v) is 1.17. The molecule has 0 aliphatic rings. The Morgan fingerprint density at radius 2 is 2.07 bits per heavy atom. The number of rotatable bonds is 1. The number of aromatic nitrogens is 2. The first kappa shape index (κ1) is 11.4. The number of nitrogens with zero attached hydrogens (tertiary/aromatic N) is 3. The number of carboxylic acid groups (broad SMARTS) is 1. The summed E-state index contributed by atoms with van der Waals surface area (Å²) < 4.78 is 12.8. The highest BCUT2D eigenvalue weighted by Crippen LogP contribution is 2.21. The van der Waals surface area contributed by atoms with Crippen molar-refractivity contribution in [3.8, 4) is 0 Å². The minimum atomic E-state index is -1.19. The molecule has 1 aromatic heterocycles. The van der Waals surface area contributed by atoms with Crippen molar-refractivity contribution in [3.05, 3.63) is 18.3 Å². The van der Waals surface area contributed by atoms with Crippen molar-refractivity contribution in [1.29, 1.82) is 0 Å². The fraction of sp³-hybridized carbons (Fsp3) is 0.444. The lowest BCUT2D eigenvalue weighted by Gasteiger charge is -2.31. The zero-order valence-electron chi connectivity index (χ0n) is 8.73. The van der Waals surface area contributed by atoms with Crippen molar-refractivity contribution >= 4 is 11.9 Å². The summed E-state index contributed by atoms with van der Waals surface area (Å²) >= 11 is 0. The van der Waals surface area contributed by atoms with Crippen LogP contribution in [-0.2, 0) is 0 Å². The van der Waals surface area contributed by atoms with Crippen LogP contribution in [0.2, 0.25) is 0 Å². The predicted molar refractivity (Wildman–Crippen MR) is 52.2 cm³/mol. The molecule has 0 spiro atoms. The van der Waals surface area contributed by atoms with E-state index in [1.54, 1.807) is 20.8 Å². The Hall–Kier alpha value is -1.72. The summed E-state index contributed by atoms with van der Waals surface area (Å²) in [5, 5.41) is 8.99.